The Kier molecular flexibility index (Phi) is 7.33. The van der Waals surface area contributed by atoms with Crippen LogP contribution in [0.4, 0.5) is 23.8 Å². The number of aliphatic hydroxyl groups excluding tert-OH is 3. The molecular formula is C24H27F3N6O6. The summed E-state index contributed by atoms with van der Waals surface area (Å²) in [4.78, 5) is 27.1. The number of ether oxygens (including phenoxy) is 2. The van der Waals surface area contributed by atoms with Crippen LogP contribution in [0.15, 0.2) is 30.6 Å². The third-order valence-electron chi connectivity index (χ3n) is 7.00. The van der Waals surface area contributed by atoms with Crippen molar-refractivity contribution in [2.75, 3.05) is 25.4 Å². The molecule has 2 unspecified atom stereocenters. The highest BCUT2D eigenvalue weighted by atomic mass is 19.4. The Morgan fingerprint density at radius 3 is 2.59 bits per heavy atom. The first-order valence-corrected chi connectivity index (χ1v) is 12.3. The number of nitrogen functional groups attached to an aromatic ring is 1. The van der Waals surface area contributed by atoms with Gasteiger partial charge in [0, 0.05) is 19.5 Å². The van der Waals surface area contributed by atoms with Crippen LogP contribution < -0.4 is 10.5 Å². The Labute approximate surface area is 219 Å². The van der Waals surface area contributed by atoms with Crippen LogP contribution >= 0.6 is 0 Å². The van der Waals surface area contributed by atoms with Gasteiger partial charge in [0.15, 0.2) is 17.7 Å². The lowest BCUT2D eigenvalue weighted by atomic mass is 9.93. The fraction of sp³-hybridized carbons (Fsp3) is 0.500. The number of aromatic nitrogens is 4. The molecule has 210 valence electrons. The Balaban J connectivity index is 1.23. The van der Waals surface area contributed by atoms with Gasteiger partial charge >= 0.3 is 12.3 Å². The number of aliphatic hydroxyl groups is 3. The van der Waals surface area contributed by atoms with Crippen molar-refractivity contribution in [2.24, 2.45) is 5.92 Å². The minimum Gasteiger partial charge on any atom is -0.410 e. The smallest absolute Gasteiger partial charge is 0.410 e. The maximum absolute atomic E-state index is 12.9. The largest absolute Gasteiger partial charge is 0.416 e. The molecule has 3 aromatic rings. The zero-order valence-corrected chi connectivity index (χ0v) is 20.5. The van der Waals surface area contributed by atoms with E-state index in [1.54, 1.807) is 0 Å². The maximum Gasteiger partial charge on any atom is 0.416 e. The van der Waals surface area contributed by atoms with Crippen LogP contribution in [0.25, 0.3) is 11.2 Å². The van der Waals surface area contributed by atoms with E-state index < -0.39 is 49.0 Å². The van der Waals surface area contributed by atoms with Gasteiger partial charge in [0.1, 0.15) is 35.4 Å². The molecular weight excluding hydrogens is 525 g/mol. The minimum absolute atomic E-state index is 0.0877. The first kappa shape index (κ1) is 27.1. The Bertz CT molecular complexity index is 1350. The zero-order chi connectivity index (χ0) is 27.9. The van der Waals surface area contributed by atoms with Crippen LogP contribution in [0.3, 0.4) is 0 Å². The number of nitrogens with two attached hydrogens (primary N) is 1. The summed E-state index contributed by atoms with van der Waals surface area (Å²) in [7, 11) is 0. The third-order valence-corrected chi connectivity index (χ3v) is 7.00. The van der Waals surface area contributed by atoms with Gasteiger partial charge in [-0.15, -0.1) is 0 Å². The molecule has 2 aromatic heterocycles. The molecule has 1 aromatic carbocycles. The van der Waals surface area contributed by atoms with E-state index >= 15 is 0 Å². The number of carbonyl (C=O) groups is 1. The summed E-state index contributed by atoms with van der Waals surface area (Å²) >= 11 is 0. The fourth-order valence-electron chi connectivity index (χ4n) is 4.85. The normalized spacial score (nSPS) is 24.4. The van der Waals surface area contributed by atoms with Crippen molar-refractivity contribution in [3.8, 4) is 5.75 Å². The highest BCUT2D eigenvalue weighted by Gasteiger charge is 2.44. The average molecular weight is 553 g/mol. The predicted molar refractivity (Wildman–Crippen MR) is 128 cm³/mol. The summed E-state index contributed by atoms with van der Waals surface area (Å²) < 4.78 is 51.0. The number of piperidine rings is 1. The second-order valence-electron chi connectivity index (χ2n) is 9.61. The molecule has 4 heterocycles. The van der Waals surface area contributed by atoms with E-state index in [0.717, 1.165) is 12.1 Å². The number of halogens is 3. The minimum atomic E-state index is -4.54. The lowest BCUT2D eigenvalue weighted by molar-refractivity contribution is -0.137. The van der Waals surface area contributed by atoms with E-state index in [1.807, 2.05) is 0 Å². The van der Waals surface area contributed by atoms with Gasteiger partial charge in [0.05, 0.1) is 18.5 Å². The molecule has 0 aliphatic carbocycles. The lowest BCUT2D eigenvalue weighted by Gasteiger charge is -2.31. The van der Waals surface area contributed by atoms with E-state index in [4.69, 9.17) is 15.2 Å². The number of anilines is 1. The van der Waals surface area contributed by atoms with Gasteiger partial charge in [0.25, 0.3) is 0 Å². The van der Waals surface area contributed by atoms with Crippen LogP contribution in [0.2, 0.25) is 0 Å². The molecule has 0 saturated carbocycles. The topological polar surface area (TPSA) is 169 Å². The van der Waals surface area contributed by atoms with Crippen molar-refractivity contribution < 1.29 is 42.8 Å². The monoisotopic (exact) mass is 552 g/mol. The molecule has 0 bridgehead atoms. The van der Waals surface area contributed by atoms with Gasteiger partial charge in [0.2, 0.25) is 0 Å². The van der Waals surface area contributed by atoms with Crippen LogP contribution in [0.5, 0.6) is 5.75 Å². The quantitative estimate of drug-likeness (QED) is 0.364. The second-order valence-corrected chi connectivity index (χ2v) is 9.61. The number of amides is 1. The van der Waals surface area contributed by atoms with Crippen molar-refractivity contribution in [2.45, 2.75) is 50.0 Å². The van der Waals surface area contributed by atoms with Gasteiger partial charge in [-0.2, -0.15) is 13.2 Å². The van der Waals surface area contributed by atoms with E-state index in [2.05, 4.69) is 15.0 Å². The molecule has 15 heteroatoms. The fourth-order valence-corrected chi connectivity index (χ4v) is 4.85. The number of nitrogens with zero attached hydrogens (tertiary/aromatic N) is 5. The van der Waals surface area contributed by atoms with Gasteiger partial charge < -0.3 is 35.4 Å². The Morgan fingerprint density at radius 1 is 1.18 bits per heavy atom. The van der Waals surface area contributed by atoms with Crippen LogP contribution in [0, 0.1) is 5.92 Å². The summed E-state index contributed by atoms with van der Waals surface area (Å²) in [5.74, 6) is 0.450. The summed E-state index contributed by atoms with van der Waals surface area (Å²) in [5.41, 5.74) is 5.80. The molecule has 5 rings (SSSR count). The number of imidazole rings is 1. The molecule has 4 atom stereocenters. The van der Waals surface area contributed by atoms with Crippen LogP contribution in [-0.4, -0.2) is 83.8 Å². The predicted octanol–water partition coefficient (Wildman–Crippen LogP) is 1.49. The van der Waals surface area contributed by atoms with Crippen molar-refractivity contribution in [3.05, 3.63) is 42.0 Å². The first-order valence-electron chi connectivity index (χ1n) is 12.3. The van der Waals surface area contributed by atoms with Crippen molar-refractivity contribution in [3.63, 3.8) is 0 Å². The average Bonchev–Trinajstić information content (AvgIpc) is 3.45. The number of rotatable bonds is 5. The van der Waals surface area contributed by atoms with Gasteiger partial charge in [-0.3, -0.25) is 4.57 Å². The van der Waals surface area contributed by atoms with Crippen molar-refractivity contribution >= 4 is 23.1 Å². The number of benzene rings is 1. The summed E-state index contributed by atoms with van der Waals surface area (Å²) in [6, 6.07) is 4.16. The van der Waals surface area contributed by atoms with E-state index in [0.29, 0.717) is 49.3 Å². The summed E-state index contributed by atoms with van der Waals surface area (Å²) in [6.07, 6.45) is -6.92. The molecule has 2 aliphatic heterocycles. The molecule has 0 radical (unpaired) electrons. The van der Waals surface area contributed by atoms with Crippen molar-refractivity contribution in [1.29, 1.82) is 0 Å². The van der Waals surface area contributed by atoms with Crippen LogP contribution in [-0.2, 0) is 17.3 Å². The molecule has 1 amide bonds. The summed E-state index contributed by atoms with van der Waals surface area (Å²) in [5, 5.41) is 29.9. The number of hydrogen-bond donors (Lipinski definition) is 4. The first-order chi connectivity index (χ1) is 18.5. The molecule has 0 spiro atoms. The summed E-state index contributed by atoms with van der Waals surface area (Å²) in [6.45, 7) is 0.192. The molecule has 2 aliphatic rings. The van der Waals surface area contributed by atoms with Gasteiger partial charge in [-0.1, -0.05) is 6.07 Å². The van der Waals surface area contributed by atoms with Gasteiger partial charge in [-0.25, -0.2) is 19.7 Å². The molecule has 39 heavy (non-hydrogen) atoms. The molecule has 5 N–H and O–H groups in total. The molecule has 12 nitrogen and oxygen atoms in total. The zero-order valence-electron chi connectivity index (χ0n) is 20.5. The van der Waals surface area contributed by atoms with Crippen molar-refractivity contribution in [1.82, 2.24) is 24.4 Å². The van der Waals surface area contributed by atoms with E-state index in [1.165, 1.54) is 27.9 Å². The molecule has 2 fully saturated rings. The Morgan fingerprint density at radius 2 is 1.92 bits per heavy atom. The highest BCUT2D eigenvalue weighted by molar-refractivity contribution is 5.81. The SMILES string of the molecule is Nc1nc(CC2CCN(C(=O)Oc3cccc(C(F)(F)F)c3)CC2)nc2c1ncn2[C@@H]1O[C@H](CO)C(O)C1O. The number of fused-ring (bicyclic) bond motifs is 1. The molecule has 2 saturated heterocycles. The standard InChI is InChI=1S/C24H27F3N6O6/c25-24(26,27)13-2-1-3-14(9-13)38-23(37)32-6-4-12(5-7-32)8-16-30-20(28)17-21(31-16)33(11-29-17)22-19(36)18(35)15(10-34)39-22/h1-3,9,11-12,15,18-19,22,34-36H,4-8,10H2,(H2,28,30,31)/t15-,18?,19?,22-/m1/s1. The van der Waals surface area contributed by atoms with E-state index in [9.17, 15) is 33.3 Å². The number of carbonyl (C=O) groups excluding carboxylic acids is 1. The van der Waals surface area contributed by atoms with Crippen LogP contribution in [0.1, 0.15) is 30.5 Å². The number of likely N-dealkylation sites (tertiary alicyclic amines) is 1. The lowest BCUT2D eigenvalue weighted by Crippen LogP contribution is -2.40. The maximum atomic E-state index is 12.9. The van der Waals surface area contributed by atoms with E-state index in [-0.39, 0.29) is 17.5 Å². The number of hydrogen-bond acceptors (Lipinski definition) is 10. The van der Waals surface area contributed by atoms with Gasteiger partial charge in [-0.05, 0) is 37.0 Å². The number of alkyl halides is 3. The second kappa shape index (κ2) is 10.6. The third kappa shape index (κ3) is 5.48. The highest BCUT2D eigenvalue weighted by Crippen LogP contribution is 2.33. The Hall–Kier alpha value is -3.53.